The lowest BCUT2D eigenvalue weighted by Crippen LogP contribution is -2.49. The van der Waals surface area contributed by atoms with Crippen molar-refractivity contribution in [3.8, 4) is 0 Å². The Morgan fingerprint density at radius 2 is 2.28 bits per heavy atom. The minimum atomic E-state index is -0.178. The third-order valence-corrected chi connectivity index (χ3v) is 5.12. The highest BCUT2D eigenvalue weighted by atomic mass is 32.1. The number of hydrogen-bond acceptors (Lipinski definition) is 7. The summed E-state index contributed by atoms with van der Waals surface area (Å²) >= 11 is 1.36. The minimum absolute atomic E-state index is 0.00953. The quantitative estimate of drug-likeness (QED) is 0.788. The summed E-state index contributed by atoms with van der Waals surface area (Å²) in [5.74, 6) is 0.361. The van der Waals surface area contributed by atoms with Crippen LogP contribution in [0.2, 0.25) is 0 Å². The second-order valence-electron chi connectivity index (χ2n) is 6.06. The molecule has 0 aromatic carbocycles. The molecule has 2 aromatic rings. The number of rotatable bonds is 4. The summed E-state index contributed by atoms with van der Waals surface area (Å²) in [4.78, 5) is 37.4. The van der Waals surface area contributed by atoms with Crippen LogP contribution in [-0.4, -0.2) is 64.7 Å². The number of carbonyl (C=O) groups excluding carboxylic acids is 1. The Morgan fingerprint density at radius 3 is 3.00 bits per heavy atom. The van der Waals surface area contributed by atoms with Crippen LogP contribution in [0.3, 0.4) is 0 Å². The number of amides is 1. The molecular formula is C16H21N5O3S. The molecule has 1 amide bonds. The molecule has 0 N–H and O–H groups in total. The van der Waals surface area contributed by atoms with Gasteiger partial charge < -0.3 is 19.1 Å². The lowest BCUT2D eigenvalue weighted by atomic mass is 10.2. The van der Waals surface area contributed by atoms with Gasteiger partial charge in [0, 0.05) is 46.1 Å². The first-order valence-corrected chi connectivity index (χ1v) is 8.89. The van der Waals surface area contributed by atoms with Gasteiger partial charge >= 0.3 is 0 Å². The van der Waals surface area contributed by atoms with Crippen molar-refractivity contribution >= 4 is 23.1 Å². The van der Waals surface area contributed by atoms with Gasteiger partial charge in [-0.25, -0.2) is 9.97 Å². The van der Waals surface area contributed by atoms with Crippen molar-refractivity contribution in [2.75, 3.05) is 38.2 Å². The van der Waals surface area contributed by atoms with Crippen molar-refractivity contribution in [2.24, 2.45) is 7.05 Å². The van der Waals surface area contributed by atoms with Crippen LogP contribution in [0.5, 0.6) is 0 Å². The van der Waals surface area contributed by atoms with Crippen LogP contribution in [0, 0.1) is 6.92 Å². The van der Waals surface area contributed by atoms with Crippen LogP contribution in [0.1, 0.15) is 15.4 Å². The standard InChI is InChI=1S/C16H21N5O3S/c1-11-13(25-10-18-11)15(22)21-6-7-24-12(9-21)8-20(3)14-16(23)19(2)5-4-17-14/h4-5,10,12H,6-9H2,1-3H3. The maximum atomic E-state index is 12.6. The number of aromatic nitrogens is 3. The summed E-state index contributed by atoms with van der Waals surface area (Å²) in [6.45, 7) is 3.84. The average Bonchev–Trinajstić information content (AvgIpc) is 3.03. The summed E-state index contributed by atoms with van der Waals surface area (Å²) in [5.41, 5.74) is 2.28. The van der Waals surface area contributed by atoms with Crippen LogP contribution in [0.4, 0.5) is 5.82 Å². The fraction of sp³-hybridized carbons (Fsp3) is 0.500. The Balaban J connectivity index is 1.67. The van der Waals surface area contributed by atoms with Crippen molar-refractivity contribution in [1.82, 2.24) is 19.4 Å². The molecule has 1 aliphatic heterocycles. The fourth-order valence-corrected chi connectivity index (χ4v) is 3.57. The van der Waals surface area contributed by atoms with E-state index in [0.29, 0.717) is 36.9 Å². The van der Waals surface area contributed by atoms with Gasteiger partial charge in [-0.2, -0.15) is 0 Å². The molecule has 0 spiro atoms. The molecule has 1 aliphatic rings. The van der Waals surface area contributed by atoms with Crippen LogP contribution in [-0.2, 0) is 11.8 Å². The first-order chi connectivity index (χ1) is 12.0. The van der Waals surface area contributed by atoms with E-state index < -0.39 is 0 Å². The Hall–Kier alpha value is -2.26. The third-order valence-electron chi connectivity index (χ3n) is 4.20. The van der Waals surface area contributed by atoms with E-state index in [1.807, 2.05) is 6.92 Å². The van der Waals surface area contributed by atoms with Gasteiger partial charge in [0.25, 0.3) is 11.5 Å². The zero-order valence-electron chi connectivity index (χ0n) is 14.5. The van der Waals surface area contributed by atoms with Crippen LogP contribution < -0.4 is 10.5 Å². The zero-order chi connectivity index (χ0) is 18.0. The molecule has 25 heavy (non-hydrogen) atoms. The van der Waals surface area contributed by atoms with E-state index in [9.17, 15) is 9.59 Å². The number of carbonyl (C=O) groups is 1. The maximum absolute atomic E-state index is 12.6. The Bertz CT molecular complexity index is 818. The largest absolute Gasteiger partial charge is 0.373 e. The van der Waals surface area contributed by atoms with Crippen molar-refractivity contribution in [3.05, 3.63) is 38.8 Å². The van der Waals surface area contributed by atoms with E-state index in [2.05, 4.69) is 9.97 Å². The van der Waals surface area contributed by atoms with Crippen molar-refractivity contribution in [3.63, 3.8) is 0 Å². The number of aryl methyl sites for hydroxylation is 2. The average molecular weight is 363 g/mol. The van der Waals surface area contributed by atoms with Gasteiger partial charge in [-0.15, -0.1) is 11.3 Å². The predicted molar refractivity (Wildman–Crippen MR) is 95.2 cm³/mol. The second-order valence-corrected chi connectivity index (χ2v) is 6.91. The van der Waals surface area contributed by atoms with Gasteiger partial charge in [0.15, 0.2) is 5.82 Å². The fourth-order valence-electron chi connectivity index (χ4n) is 2.80. The van der Waals surface area contributed by atoms with E-state index in [0.717, 1.165) is 5.69 Å². The number of likely N-dealkylation sites (N-methyl/N-ethyl adjacent to an activating group) is 1. The summed E-state index contributed by atoms with van der Waals surface area (Å²) in [5, 5.41) is 0. The minimum Gasteiger partial charge on any atom is -0.373 e. The Kier molecular flexibility index (Phi) is 5.14. The molecule has 0 aliphatic carbocycles. The molecular weight excluding hydrogens is 342 g/mol. The second kappa shape index (κ2) is 7.32. The molecule has 2 aromatic heterocycles. The molecule has 0 bridgehead atoms. The number of nitrogens with zero attached hydrogens (tertiary/aromatic N) is 5. The van der Waals surface area contributed by atoms with E-state index in [1.165, 1.54) is 15.9 Å². The van der Waals surface area contributed by atoms with Gasteiger partial charge in [0.2, 0.25) is 0 Å². The van der Waals surface area contributed by atoms with Gasteiger partial charge in [-0.05, 0) is 6.92 Å². The first-order valence-electron chi connectivity index (χ1n) is 8.01. The van der Waals surface area contributed by atoms with Crippen molar-refractivity contribution in [1.29, 1.82) is 0 Å². The molecule has 134 valence electrons. The van der Waals surface area contributed by atoms with Crippen LogP contribution in [0.15, 0.2) is 22.7 Å². The van der Waals surface area contributed by atoms with Crippen LogP contribution in [0.25, 0.3) is 0 Å². The lowest BCUT2D eigenvalue weighted by molar-refractivity contribution is -0.0170. The molecule has 1 atom stereocenters. The van der Waals surface area contributed by atoms with E-state index in [-0.39, 0.29) is 17.6 Å². The van der Waals surface area contributed by atoms with Gasteiger partial charge in [0.1, 0.15) is 4.88 Å². The normalized spacial score (nSPS) is 17.6. The summed E-state index contributed by atoms with van der Waals surface area (Å²) < 4.78 is 7.27. The molecule has 1 fully saturated rings. The molecule has 9 heteroatoms. The van der Waals surface area contributed by atoms with Crippen molar-refractivity contribution in [2.45, 2.75) is 13.0 Å². The Morgan fingerprint density at radius 1 is 1.48 bits per heavy atom. The van der Waals surface area contributed by atoms with Gasteiger partial charge in [-0.3, -0.25) is 9.59 Å². The number of morpholine rings is 1. The third kappa shape index (κ3) is 3.72. The number of hydrogen-bond donors (Lipinski definition) is 0. The molecule has 1 unspecified atom stereocenters. The lowest BCUT2D eigenvalue weighted by Gasteiger charge is -2.34. The van der Waals surface area contributed by atoms with E-state index in [1.54, 1.807) is 41.8 Å². The molecule has 0 saturated carbocycles. The summed E-state index contributed by atoms with van der Waals surface area (Å²) in [6.07, 6.45) is 3.04. The van der Waals surface area contributed by atoms with Gasteiger partial charge in [0.05, 0.1) is 23.9 Å². The van der Waals surface area contributed by atoms with E-state index in [4.69, 9.17) is 4.74 Å². The SMILES string of the molecule is Cc1ncsc1C(=O)N1CCOC(CN(C)c2nccn(C)c2=O)C1. The molecule has 3 heterocycles. The number of ether oxygens (including phenoxy) is 1. The highest BCUT2D eigenvalue weighted by molar-refractivity contribution is 7.11. The summed E-state index contributed by atoms with van der Waals surface area (Å²) in [7, 11) is 3.50. The molecule has 8 nitrogen and oxygen atoms in total. The van der Waals surface area contributed by atoms with Gasteiger partial charge in [-0.1, -0.05) is 0 Å². The van der Waals surface area contributed by atoms with E-state index >= 15 is 0 Å². The zero-order valence-corrected chi connectivity index (χ0v) is 15.3. The van der Waals surface area contributed by atoms with Crippen molar-refractivity contribution < 1.29 is 9.53 Å². The molecule has 3 rings (SSSR count). The predicted octanol–water partition coefficient (Wildman–Crippen LogP) is 0.523. The van der Waals surface area contributed by atoms with Crippen LogP contribution >= 0.6 is 11.3 Å². The number of anilines is 1. The molecule has 0 radical (unpaired) electrons. The topological polar surface area (TPSA) is 80.6 Å². The number of thiazole rings is 1. The smallest absolute Gasteiger partial charge is 0.293 e. The Labute approximate surface area is 149 Å². The first kappa shape index (κ1) is 17.6. The monoisotopic (exact) mass is 363 g/mol. The summed E-state index contributed by atoms with van der Waals surface area (Å²) in [6, 6.07) is 0. The maximum Gasteiger partial charge on any atom is 0.293 e. The highest BCUT2D eigenvalue weighted by Crippen LogP contribution is 2.18. The molecule has 1 saturated heterocycles. The highest BCUT2D eigenvalue weighted by Gasteiger charge is 2.28.